The molecule has 0 bridgehead atoms. The number of hydrogen-bond donors (Lipinski definition) is 2. The summed E-state index contributed by atoms with van der Waals surface area (Å²) in [4.78, 5) is 52.2. The Kier molecular flexibility index (Phi) is 12.6. The number of esters is 1. The van der Waals surface area contributed by atoms with Crippen LogP contribution in [0.1, 0.15) is 80.7 Å². The molecule has 4 aromatic rings. The van der Waals surface area contributed by atoms with Gasteiger partial charge in [0.05, 0.1) is 42.3 Å². The van der Waals surface area contributed by atoms with Gasteiger partial charge in [0.2, 0.25) is 0 Å². The Balaban J connectivity index is 1.51. The predicted octanol–water partition coefficient (Wildman–Crippen LogP) is 6.30. The Hall–Kier alpha value is -5.33. The van der Waals surface area contributed by atoms with E-state index in [1.807, 2.05) is 24.6 Å². The summed E-state index contributed by atoms with van der Waals surface area (Å²) >= 11 is 0. The van der Waals surface area contributed by atoms with E-state index < -0.39 is 17.9 Å². The van der Waals surface area contributed by atoms with E-state index in [2.05, 4.69) is 22.2 Å². The van der Waals surface area contributed by atoms with Crippen LogP contribution in [0.5, 0.6) is 0 Å². The van der Waals surface area contributed by atoms with Crippen LogP contribution in [0.15, 0.2) is 65.8 Å². The van der Waals surface area contributed by atoms with E-state index in [0.717, 1.165) is 31.2 Å². The lowest BCUT2D eigenvalue weighted by Crippen LogP contribution is -2.34. The average Bonchev–Trinajstić information content (AvgIpc) is 3.41. The monoisotopic (exact) mass is 659 g/mol. The first-order valence-electron chi connectivity index (χ1n) is 16.0. The second kappa shape index (κ2) is 17.0. The van der Waals surface area contributed by atoms with Crippen LogP contribution >= 0.6 is 0 Å². The van der Waals surface area contributed by atoms with E-state index in [0.29, 0.717) is 28.4 Å². The average molecular weight is 660 g/mol. The molecule has 0 spiro atoms. The van der Waals surface area contributed by atoms with Crippen LogP contribution < -0.4 is 16.0 Å². The van der Waals surface area contributed by atoms with Crippen LogP contribution in [0.2, 0.25) is 0 Å². The van der Waals surface area contributed by atoms with Crippen molar-refractivity contribution in [2.24, 2.45) is 17.8 Å². The van der Waals surface area contributed by atoms with Gasteiger partial charge < -0.3 is 25.1 Å². The molecule has 2 amide bonds. The highest BCUT2D eigenvalue weighted by Gasteiger charge is 2.22. The molecule has 1 unspecified atom stereocenters. The van der Waals surface area contributed by atoms with E-state index >= 15 is 0 Å². The van der Waals surface area contributed by atoms with Crippen LogP contribution in [0, 0.1) is 5.82 Å². The number of nitrogens with two attached hydrogens (primary N) is 1. The number of aliphatic imine (C=N–C) groups is 1. The maximum absolute atomic E-state index is 14.7. The summed E-state index contributed by atoms with van der Waals surface area (Å²) < 4.78 is 26.8. The lowest BCUT2D eigenvalue weighted by Gasteiger charge is -2.21. The molecule has 0 saturated carbocycles. The molecule has 0 saturated heterocycles. The first-order chi connectivity index (χ1) is 23.1. The van der Waals surface area contributed by atoms with Crippen LogP contribution in [0.4, 0.5) is 20.7 Å². The number of nitrogens with zero attached hydrogens (tertiary/aromatic N) is 5. The molecule has 3 N–H and O–H groups in total. The Bertz CT molecular complexity index is 1760. The van der Waals surface area contributed by atoms with Crippen molar-refractivity contribution >= 4 is 46.3 Å². The van der Waals surface area contributed by atoms with E-state index in [-0.39, 0.29) is 49.5 Å². The number of nitrogens with one attached hydrogen (secondary N) is 1. The molecule has 1 atom stereocenters. The van der Waals surface area contributed by atoms with Gasteiger partial charge in [-0.3, -0.25) is 14.5 Å². The third-order valence-corrected chi connectivity index (χ3v) is 7.63. The number of anilines is 2. The molecular weight excluding hydrogens is 617 g/mol. The number of carbonyl (C=O) groups excluding carboxylic acids is 3. The topological polar surface area (TPSA) is 154 Å². The number of ether oxygens (including phenoxy) is 2. The lowest BCUT2D eigenvalue weighted by atomic mass is 10.1. The molecule has 2 heterocycles. The minimum atomic E-state index is -0.866. The third kappa shape index (κ3) is 9.14. The normalized spacial score (nSPS) is 12.1. The first kappa shape index (κ1) is 35.5. The Labute approximate surface area is 279 Å². The minimum Gasteiger partial charge on any atom is -0.466 e. The highest BCUT2D eigenvalue weighted by atomic mass is 19.1. The fourth-order valence-electron chi connectivity index (χ4n) is 5.17. The Morgan fingerprint density at radius 3 is 2.60 bits per heavy atom. The molecule has 2 aromatic heterocycles. The zero-order valence-electron chi connectivity index (χ0n) is 27.7. The molecule has 13 heteroatoms. The summed E-state index contributed by atoms with van der Waals surface area (Å²) in [5.41, 5.74) is 8.22. The van der Waals surface area contributed by atoms with E-state index in [1.165, 1.54) is 17.0 Å². The summed E-state index contributed by atoms with van der Waals surface area (Å²) in [6.45, 7) is 6.28. The van der Waals surface area contributed by atoms with Crippen LogP contribution in [0.25, 0.3) is 11.0 Å². The van der Waals surface area contributed by atoms with Gasteiger partial charge in [-0.15, -0.1) is 0 Å². The fourth-order valence-corrected chi connectivity index (χ4v) is 5.17. The largest absolute Gasteiger partial charge is 0.466 e. The van der Waals surface area contributed by atoms with E-state index in [4.69, 9.17) is 20.2 Å². The number of aryl methyl sites for hydroxylation is 1. The molecule has 2 aromatic carbocycles. The summed E-state index contributed by atoms with van der Waals surface area (Å²) in [5.74, 6) is -0.600. The smallest absolute Gasteiger partial charge is 0.435 e. The highest BCUT2D eigenvalue weighted by molar-refractivity contribution is 6.07. The van der Waals surface area contributed by atoms with Gasteiger partial charge in [0.25, 0.3) is 5.91 Å². The molecule has 0 aliphatic rings. The fraction of sp³-hybridized carbons (Fsp3) is 0.371. The van der Waals surface area contributed by atoms with Crippen molar-refractivity contribution in [2.45, 2.75) is 58.9 Å². The number of pyridine rings is 1. The molecule has 0 fully saturated rings. The molecule has 254 valence electrons. The van der Waals surface area contributed by atoms with Gasteiger partial charge >= 0.3 is 12.1 Å². The van der Waals surface area contributed by atoms with Crippen molar-refractivity contribution in [1.29, 1.82) is 0 Å². The van der Waals surface area contributed by atoms with Crippen LogP contribution in [-0.4, -0.2) is 58.1 Å². The van der Waals surface area contributed by atoms with Gasteiger partial charge in [0.1, 0.15) is 23.3 Å². The van der Waals surface area contributed by atoms with E-state index in [9.17, 15) is 18.8 Å². The van der Waals surface area contributed by atoms with Gasteiger partial charge in [-0.2, -0.15) is 4.99 Å². The Morgan fingerprint density at radius 2 is 1.88 bits per heavy atom. The molecule has 0 aliphatic carbocycles. The number of hydrogen-bond acceptors (Lipinski definition) is 8. The summed E-state index contributed by atoms with van der Waals surface area (Å²) in [5, 5.41) is 3.30. The molecule has 48 heavy (non-hydrogen) atoms. The summed E-state index contributed by atoms with van der Waals surface area (Å²) in [6.07, 6.45) is 4.51. The standard InChI is InChI=1S/C35H42FN7O5/c1-5-7-8-11-20-48-35(46)41-32(37)26-22-25(14-15-27(26)36)39-23(3)33-40-28-21-24(13-16-29(28)42(33)4)34(45)43(19-17-31(44)47-6-2)30-12-9-10-18-38-30/h9-10,12-16,18,21-23,39H,5-8,11,17,19-20H2,1-4H3,(H2,37,41,46). The summed E-state index contributed by atoms with van der Waals surface area (Å²) in [6, 6.07) is 14.3. The van der Waals surface area contributed by atoms with Crippen molar-refractivity contribution in [3.8, 4) is 0 Å². The SMILES string of the molecule is CCCCCCOC(=O)/N=C(\N)c1cc(NC(C)c2nc3cc(C(=O)N(CCC(=O)OCC)c4ccccn4)ccc3n2C)ccc1F. The number of unbranched alkanes of at least 4 members (excludes halogenated alkanes) is 3. The maximum Gasteiger partial charge on any atom is 0.435 e. The zero-order chi connectivity index (χ0) is 34.6. The second-order valence-electron chi connectivity index (χ2n) is 11.2. The second-order valence-corrected chi connectivity index (χ2v) is 11.2. The Morgan fingerprint density at radius 1 is 1.06 bits per heavy atom. The van der Waals surface area contributed by atoms with Crippen molar-refractivity contribution in [3.05, 3.63) is 83.6 Å². The van der Waals surface area contributed by atoms with Crippen molar-refractivity contribution in [2.75, 3.05) is 30.0 Å². The molecular formula is C35H42FN7O5. The predicted molar refractivity (Wildman–Crippen MR) is 183 cm³/mol. The maximum atomic E-state index is 14.7. The number of imidazole rings is 1. The minimum absolute atomic E-state index is 0.0150. The number of fused-ring (bicyclic) bond motifs is 1. The number of benzene rings is 2. The number of aromatic nitrogens is 3. The van der Waals surface area contributed by atoms with Gasteiger partial charge in [-0.25, -0.2) is 19.2 Å². The number of carbonyl (C=O) groups is 3. The van der Waals surface area contributed by atoms with Crippen LogP contribution in [0.3, 0.4) is 0 Å². The highest BCUT2D eigenvalue weighted by Crippen LogP contribution is 2.26. The van der Waals surface area contributed by atoms with Crippen LogP contribution in [-0.2, 0) is 21.3 Å². The van der Waals surface area contributed by atoms with E-state index in [1.54, 1.807) is 49.5 Å². The van der Waals surface area contributed by atoms with Gasteiger partial charge in [0.15, 0.2) is 0 Å². The van der Waals surface area contributed by atoms with Gasteiger partial charge in [-0.1, -0.05) is 32.3 Å². The lowest BCUT2D eigenvalue weighted by molar-refractivity contribution is -0.142. The van der Waals surface area contributed by atoms with Gasteiger partial charge in [-0.05, 0) is 68.8 Å². The number of halogens is 1. The first-order valence-corrected chi connectivity index (χ1v) is 16.0. The molecule has 0 aliphatic heterocycles. The van der Waals surface area contributed by atoms with Crippen molar-refractivity contribution in [1.82, 2.24) is 14.5 Å². The third-order valence-electron chi connectivity index (χ3n) is 7.63. The van der Waals surface area contributed by atoms with Gasteiger partial charge in [0, 0.05) is 31.0 Å². The number of amidine groups is 1. The molecule has 0 radical (unpaired) electrons. The van der Waals surface area contributed by atoms with Crippen molar-refractivity contribution < 1.29 is 28.2 Å². The molecule has 12 nitrogen and oxygen atoms in total. The van der Waals surface area contributed by atoms with Crippen molar-refractivity contribution in [3.63, 3.8) is 0 Å². The molecule has 4 rings (SSSR count). The number of amides is 2. The zero-order valence-corrected chi connectivity index (χ0v) is 27.7. The quantitative estimate of drug-likeness (QED) is 0.0647. The summed E-state index contributed by atoms with van der Waals surface area (Å²) in [7, 11) is 1.86. The number of rotatable bonds is 15.